The van der Waals surface area contributed by atoms with Crippen LogP contribution in [0.4, 0.5) is 0 Å². The van der Waals surface area contributed by atoms with E-state index in [1.165, 1.54) is 0 Å². The molecule has 0 aromatic heterocycles. The van der Waals surface area contributed by atoms with Crippen LogP contribution < -0.4 is 0 Å². The predicted octanol–water partition coefficient (Wildman–Crippen LogP) is -1.33. The lowest BCUT2D eigenvalue weighted by atomic mass is 9.94. The Bertz CT molecular complexity index is 242. The summed E-state index contributed by atoms with van der Waals surface area (Å²) < 4.78 is 0. The van der Waals surface area contributed by atoms with Crippen LogP contribution in [0.25, 0.3) is 0 Å². The highest BCUT2D eigenvalue weighted by Gasteiger charge is 2.39. The van der Waals surface area contributed by atoms with Crippen molar-refractivity contribution in [2.24, 2.45) is 11.8 Å². The average molecular weight is 190 g/mol. The quantitative estimate of drug-likeness (QED) is 0.361. The highest BCUT2D eigenvalue weighted by Crippen LogP contribution is 2.10. The van der Waals surface area contributed by atoms with Gasteiger partial charge in [0.25, 0.3) is 0 Å². The van der Waals surface area contributed by atoms with Crippen molar-refractivity contribution in [2.45, 2.75) is 0 Å². The second-order valence-electron chi connectivity index (χ2n) is 2.15. The van der Waals surface area contributed by atoms with Crippen LogP contribution in [0.15, 0.2) is 0 Å². The van der Waals surface area contributed by atoms with Gasteiger partial charge < -0.3 is 20.1 Å². The molecule has 0 aliphatic carbocycles. The fourth-order valence-electron chi connectivity index (χ4n) is 0.692. The van der Waals surface area contributed by atoms with E-state index in [1.54, 1.807) is 0 Å². The fourth-order valence-corrected chi connectivity index (χ4v) is 0.692. The first-order valence-corrected chi connectivity index (χ1v) is 3.05. The summed E-state index contributed by atoms with van der Waals surface area (Å²) in [7, 11) is 0. The Balaban J connectivity index is 4.90. The van der Waals surface area contributed by atoms with Gasteiger partial charge in [-0.3, -0.25) is 14.4 Å². The molecular formula is C6H6O7. The van der Waals surface area contributed by atoms with Gasteiger partial charge in [-0.2, -0.15) is 0 Å². The molecule has 7 heteroatoms. The van der Waals surface area contributed by atoms with Crippen LogP contribution >= 0.6 is 0 Å². The molecule has 0 aliphatic heterocycles. The molecule has 7 nitrogen and oxygen atoms in total. The number of carboxylic acid groups (broad SMARTS) is 3. The third-order valence-corrected chi connectivity index (χ3v) is 1.32. The molecule has 0 fully saturated rings. The van der Waals surface area contributed by atoms with E-state index in [4.69, 9.17) is 15.3 Å². The van der Waals surface area contributed by atoms with Gasteiger partial charge in [-0.25, -0.2) is 0 Å². The number of carbonyl (C=O) groups excluding carboxylic acids is 1. The minimum atomic E-state index is -2.24. The third-order valence-electron chi connectivity index (χ3n) is 1.32. The Labute approximate surface area is 71.6 Å². The van der Waals surface area contributed by atoms with Gasteiger partial charge in [0.2, 0.25) is 0 Å². The standard InChI is InChI=1S/C6H6O7/c7-1-2(4(8)9)3(5(10)11)6(12)13/h1-3H,(H,8,9)(H,10,11)(H,12,13). The van der Waals surface area contributed by atoms with Crippen molar-refractivity contribution in [3.8, 4) is 0 Å². The summed E-state index contributed by atoms with van der Waals surface area (Å²) in [6, 6.07) is 0. The van der Waals surface area contributed by atoms with E-state index in [9.17, 15) is 19.2 Å². The zero-order valence-electron chi connectivity index (χ0n) is 6.21. The number of rotatable bonds is 5. The third kappa shape index (κ3) is 2.55. The van der Waals surface area contributed by atoms with Gasteiger partial charge in [-0.05, 0) is 0 Å². The van der Waals surface area contributed by atoms with E-state index in [0.717, 1.165) is 0 Å². The molecule has 0 saturated carbocycles. The van der Waals surface area contributed by atoms with E-state index in [-0.39, 0.29) is 6.29 Å². The van der Waals surface area contributed by atoms with Crippen molar-refractivity contribution in [1.29, 1.82) is 0 Å². The Kier molecular flexibility index (Phi) is 3.57. The van der Waals surface area contributed by atoms with Crippen molar-refractivity contribution >= 4 is 24.2 Å². The first-order chi connectivity index (χ1) is 5.91. The van der Waals surface area contributed by atoms with Gasteiger partial charge in [0.05, 0.1) is 0 Å². The van der Waals surface area contributed by atoms with Crippen LogP contribution in [0, 0.1) is 11.8 Å². The molecule has 1 atom stereocenters. The van der Waals surface area contributed by atoms with Gasteiger partial charge in [-0.15, -0.1) is 0 Å². The SMILES string of the molecule is O=CC(C(=O)O)C(C(=O)O)C(=O)O. The molecule has 0 bridgehead atoms. The highest BCUT2D eigenvalue weighted by molar-refractivity contribution is 6.02. The minimum Gasteiger partial charge on any atom is -0.481 e. The van der Waals surface area contributed by atoms with E-state index < -0.39 is 29.7 Å². The monoisotopic (exact) mass is 190 g/mol. The maximum absolute atomic E-state index is 10.2. The Morgan fingerprint density at radius 2 is 1.31 bits per heavy atom. The van der Waals surface area contributed by atoms with Crippen molar-refractivity contribution in [1.82, 2.24) is 0 Å². The largest absolute Gasteiger partial charge is 0.481 e. The minimum absolute atomic E-state index is 0.213. The Morgan fingerprint density at radius 3 is 1.38 bits per heavy atom. The lowest BCUT2D eigenvalue weighted by Gasteiger charge is -2.09. The van der Waals surface area contributed by atoms with Crippen molar-refractivity contribution < 1.29 is 34.5 Å². The molecule has 0 heterocycles. The van der Waals surface area contributed by atoms with E-state index in [2.05, 4.69) is 0 Å². The number of carboxylic acids is 3. The van der Waals surface area contributed by atoms with Crippen molar-refractivity contribution in [3.63, 3.8) is 0 Å². The smallest absolute Gasteiger partial charge is 0.319 e. The fraction of sp³-hybridized carbons (Fsp3) is 0.333. The molecule has 1 unspecified atom stereocenters. The predicted molar refractivity (Wildman–Crippen MR) is 36.0 cm³/mol. The maximum Gasteiger partial charge on any atom is 0.319 e. The van der Waals surface area contributed by atoms with Crippen LogP contribution in [0.3, 0.4) is 0 Å². The average Bonchev–Trinajstić information content (AvgIpc) is 1.97. The second kappa shape index (κ2) is 4.19. The first-order valence-electron chi connectivity index (χ1n) is 3.05. The number of aliphatic carboxylic acids is 3. The van der Waals surface area contributed by atoms with Gasteiger partial charge in [0.15, 0.2) is 5.92 Å². The summed E-state index contributed by atoms with van der Waals surface area (Å²) in [5, 5.41) is 24.9. The lowest BCUT2D eigenvalue weighted by molar-refractivity contribution is -0.165. The molecule has 0 spiro atoms. The molecule has 0 aromatic carbocycles. The van der Waals surface area contributed by atoms with E-state index >= 15 is 0 Å². The van der Waals surface area contributed by atoms with Gasteiger partial charge in [0.1, 0.15) is 12.2 Å². The van der Waals surface area contributed by atoms with Crippen LogP contribution in [0.5, 0.6) is 0 Å². The molecule has 0 radical (unpaired) electrons. The normalized spacial score (nSPS) is 12.1. The number of aldehydes is 1. The van der Waals surface area contributed by atoms with E-state index in [0.29, 0.717) is 0 Å². The van der Waals surface area contributed by atoms with Crippen LogP contribution in [-0.2, 0) is 19.2 Å². The van der Waals surface area contributed by atoms with Crippen molar-refractivity contribution in [2.75, 3.05) is 0 Å². The number of hydrogen-bond donors (Lipinski definition) is 3. The second-order valence-corrected chi connectivity index (χ2v) is 2.15. The van der Waals surface area contributed by atoms with Crippen LogP contribution in [0.2, 0.25) is 0 Å². The molecule has 0 saturated heterocycles. The van der Waals surface area contributed by atoms with Gasteiger partial charge >= 0.3 is 17.9 Å². The summed E-state index contributed by atoms with van der Waals surface area (Å²) in [4.78, 5) is 40.8. The molecule has 3 N–H and O–H groups in total. The summed E-state index contributed by atoms with van der Waals surface area (Å²) in [5.41, 5.74) is 0. The Morgan fingerprint density at radius 1 is 0.923 bits per heavy atom. The summed E-state index contributed by atoms with van der Waals surface area (Å²) in [5.74, 6) is -9.78. The van der Waals surface area contributed by atoms with Gasteiger partial charge in [-0.1, -0.05) is 0 Å². The summed E-state index contributed by atoms with van der Waals surface area (Å²) >= 11 is 0. The molecule has 13 heavy (non-hydrogen) atoms. The molecule has 0 amide bonds. The van der Waals surface area contributed by atoms with Gasteiger partial charge in [0, 0.05) is 0 Å². The zero-order chi connectivity index (χ0) is 10.6. The van der Waals surface area contributed by atoms with Crippen molar-refractivity contribution in [3.05, 3.63) is 0 Å². The summed E-state index contributed by atoms with van der Waals surface area (Å²) in [6.07, 6.45) is -0.213. The zero-order valence-corrected chi connectivity index (χ0v) is 6.21. The number of hydrogen-bond acceptors (Lipinski definition) is 4. The molecule has 72 valence electrons. The van der Waals surface area contributed by atoms with E-state index in [1.807, 2.05) is 0 Å². The van der Waals surface area contributed by atoms with Crippen LogP contribution in [0.1, 0.15) is 0 Å². The topological polar surface area (TPSA) is 129 Å². The highest BCUT2D eigenvalue weighted by atomic mass is 16.4. The first kappa shape index (κ1) is 11.1. The molecule has 0 aliphatic rings. The molecular weight excluding hydrogens is 184 g/mol. The van der Waals surface area contributed by atoms with Crippen LogP contribution in [-0.4, -0.2) is 39.5 Å². The molecule has 0 aromatic rings. The summed E-state index contributed by atoms with van der Waals surface area (Å²) in [6.45, 7) is 0. The Hall–Kier alpha value is -1.92. The number of carbonyl (C=O) groups is 4. The lowest BCUT2D eigenvalue weighted by Crippen LogP contribution is -2.36. The maximum atomic E-state index is 10.2. The molecule has 0 rings (SSSR count).